The normalized spacial score (nSPS) is 12.2. The summed E-state index contributed by atoms with van der Waals surface area (Å²) in [5, 5.41) is 0. The average Bonchev–Trinajstić information content (AvgIpc) is 2.53. The Bertz CT molecular complexity index is 584. The fraction of sp³-hybridized carbons (Fsp3) is 0.294. The topological polar surface area (TPSA) is 44.5 Å². The van der Waals surface area contributed by atoms with Crippen molar-refractivity contribution in [1.29, 1.82) is 0 Å². The first kappa shape index (κ1) is 15.5. The monoisotopic (exact) mass is 289 g/mol. The van der Waals surface area contributed by atoms with Gasteiger partial charge in [0.15, 0.2) is 11.6 Å². The number of nitrogens with two attached hydrogens (primary N) is 1. The zero-order chi connectivity index (χ0) is 15.2. The number of methoxy groups -OCH3 is 2. The van der Waals surface area contributed by atoms with E-state index in [9.17, 15) is 4.39 Å². The maximum Gasteiger partial charge on any atom is 0.165 e. The highest BCUT2D eigenvalue weighted by molar-refractivity contribution is 5.38. The van der Waals surface area contributed by atoms with Crippen LogP contribution in [-0.2, 0) is 11.2 Å². The third-order valence-corrected chi connectivity index (χ3v) is 3.47. The van der Waals surface area contributed by atoms with Gasteiger partial charge in [0.25, 0.3) is 0 Å². The van der Waals surface area contributed by atoms with Crippen LogP contribution in [0.2, 0.25) is 0 Å². The fourth-order valence-electron chi connectivity index (χ4n) is 2.17. The van der Waals surface area contributed by atoms with Crippen LogP contribution >= 0.6 is 0 Å². The van der Waals surface area contributed by atoms with Gasteiger partial charge in [-0.25, -0.2) is 4.39 Å². The van der Waals surface area contributed by atoms with E-state index in [1.54, 1.807) is 19.2 Å². The third kappa shape index (κ3) is 3.80. The van der Waals surface area contributed by atoms with Gasteiger partial charge in [0.05, 0.1) is 19.8 Å². The van der Waals surface area contributed by atoms with E-state index in [0.29, 0.717) is 6.61 Å². The SMILES string of the molecule is COCCc1ccc(C(N)c2ccc(F)c(OC)c2)cc1. The molecule has 0 spiro atoms. The highest BCUT2D eigenvalue weighted by Crippen LogP contribution is 2.25. The molecule has 4 heteroatoms. The van der Waals surface area contributed by atoms with Crippen molar-refractivity contribution >= 4 is 0 Å². The van der Waals surface area contributed by atoms with Crippen LogP contribution in [0.1, 0.15) is 22.7 Å². The summed E-state index contributed by atoms with van der Waals surface area (Å²) in [4.78, 5) is 0. The molecule has 0 fully saturated rings. The summed E-state index contributed by atoms with van der Waals surface area (Å²) in [6, 6.07) is 12.4. The molecule has 0 radical (unpaired) electrons. The van der Waals surface area contributed by atoms with Crippen molar-refractivity contribution in [1.82, 2.24) is 0 Å². The summed E-state index contributed by atoms with van der Waals surface area (Å²) in [5.41, 5.74) is 9.23. The number of hydrogen-bond acceptors (Lipinski definition) is 3. The molecule has 3 nitrogen and oxygen atoms in total. The van der Waals surface area contributed by atoms with Gasteiger partial charge in [-0.15, -0.1) is 0 Å². The van der Waals surface area contributed by atoms with Crippen LogP contribution in [0.25, 0.3) is 0 Å². The molecular formula is C17H20FNO2. The molecule has 1 unspecified atom stereocenters. The molecular weight excluding hydrogens is 269 g/mol. The van der Waals surface area contributed by atoms with Crippen molar-refractivity contribution in [3.8, 4) is 5.75 Å². The third-order valence-electron chi connectivity index (χ3n) is 3.47. The smallest absolute Gasteiger partial charge is 0.165 e. The Morgan fingerprint density at radius 3 is 2.33 bits per heavy atom. The molecule has 0 saturated heterocycles. The summed E-state index contributed by atoms with van der Waals surface area (Å²) in [6.07, 6.45) is 0.871. The van der Waals surface area contributed by atoms with E-state index in [1.807, 2.05) is 24.3 Å². The van der Waals surface area contributed by atoms with Crippen LogP contribution in [-0.4, -0.2) is 20.8 Å². The lowest BCUT2D eigenvalue weighted by Gasteiger charge is -2.14. The van der Waals surface area contributed by atoms with Crippen molar-refractivity contribution < 1.29 is 13.9 Å². The molecule has 0 aliphatic rings. The molecule has 0 aliphatic heterocycles. The van der Waals surface area contributed by atoms with Gasteiger partial charge in [0.2, 0.25) is 0 Å². The quantitative estimate of drug-likeness (QED) is 0.889. The Labute approximate surface area is 124 Å². The second-order valence-corrected chi connectivity index (χ2v) is 4.86. The van der Waals surface area contributed by atoms with Crippen molar-refractivity contribution in [2.24, 2.45) is 5.73 Å². The van der Waals surface area contributed by atoms with Gasteiger partial charge >= 0.3 is 0 Å². The first-order valence-corrected chi connectivity index (χ1v) is 6.82. The molecule has 0 bridgehead atoms. The van der Waals surface area contributed by atoms with Crippen molar-refractivity contribution in [2.75, 3.05) is 20.8 Å². The predicted molar refractivity (Wildman–Crippen MR) is 81.0 cm³/mol. The highest BCUT2D eigenvalue weighted by Gasteiger charge is 2.12. The number of ether oxygens (including phenoxy) is 2. The molecule has 112 valence electrons. The van der Waals surface area contributed by atoms with E-state index in [2.05, 4.69) is 0 Å². The van der Waals surface area contributed by atoms with Gasteiger partial charge in [-0.3, -0.25) is 0 Å². The Hall–Kier alpha value is -1.91. The molecule has 2 N–H and O–H groups in total. The molecule has 0 amide bonds. The van der Waals surface area contributed by atoms with Crippen LogP contribution < -0.4 is 10.5 Å². The number of halogens is 1. The van der Waals surface area contributed by atoms with Crippen LogP contribution in [0.3, 0.4) is 0 Å². The summed E-state index contributed by atoms with van der Waals surface area (Å²) < 4.78 is 23.5. The molecule has 1 atom stereocenters. The zero-order valence-corrected chi connectivity index (χ0v) is 12.3. The lowest BCUT2D eigenvalue weighted by atomic mass is 9.98. The molecule has 0 aromatic heterocycles. The van der Waals surface area contributed by atoms with Gasteiger partial charge in [-0.05, 0) is 35.2 Å². The lowest BCUT2D eigenvalue weighted by molar-refractivity contribution is 0.202. The minimum atomic E-state index is -0.386. The largest absolute Gasteiger partial charge is 0.494 e. The predicted octanol–water partition coefficient (Wildman–Crippen LogP) is 3.07. The Morgan fingerprint density at radius 2 is 1.71 bits per heavy atom. The van der Waals surface area contributed by atoms with E-state index in [-0.39, 0.29) is 17.6 Å². The van der Waals surface area contributed by atoms with Crippen molar-refractivity contribution in [3.63, 3.8) is 0 Å². The standard InChI is InChI=1S/C17H20FNO2/c1-20-10-9-12-3-5-13(6-4-12)17(19)14-7-8-15(18)16(11-14)21-2/h3-8,11,17H,9-10,19H2,1-2H3. The Balaban J connectivity index is 2.17. The summed E-state index contributed by atoms with van der Waals surface area (Å²) in [5.74, 6) is -0.178. The molecule has 2 aromatic rings. The summed E-state index contributed by atoms with van der Waals surface area (Å²) >= 11 is 0. The molecule has 0 saturated carbocycles. The number of benzene rings is 2. The Morgan fingerprint density at radius 1 is 1.05 bits per heavy atom. The first-order valence-electron chi connectivity index (χ1n) is 6.82. The van der Waals surface area contributed by atoms with E-state index < -0.39 is 0 Å². The maximum absolute atomic E-state index is 13.4. The van der Waals surface area contributed by atoms with Crippen LogP contribution in [0.15, 0.2) is 42.5 Å². The van der Waals surface area contributed by atoms with Gasteiger partial charge < -0.3 is 15.2 Å². The molecule has 21 heavy (non-hydrogen) atoms. The minimum Gasteiger partial charge on any atom is -0.494 e. The molecule has 2 rings (SSSR count). The minimum absolute atomic E-state index is 0.208. The average molecular weight is 289 g/mol. The second-order valence-electron chi connectivity index (χ2n) is 4.86. The maximum atomic E-state index is 13.4. The summed E-state index contributed by atoms with van der Waals surface area (Å²) in [7, 11) is 3.13. The van der Waals surface area contributed by atoms with E-state index in [1.165, 1.54) is 18.7 Å². The van der Waals surface area contributed by atoms with Gasteiger partial charge in [0, 0.05) is 7.11 Å². The molecule has 0 heterocycles. The second kappa shape index (κ2) is 7.20. The van der Waals surface area contributed by atoms with E-state index >= 15 is 0 Å². The number of hydrogen-bond donors (Lipinski definition) is 1. The van der Waals surface area contributed by atoms with Gasteiger partial charge in [0.1, 0.15) is 0 Å². The molecule has 0 aliphatic carbocycles. The fourth-order valence-corrected chi connectivity index (χ4v) is 2.17. The van der Waals surface area contributed by atoms with Crippen LogP contribution in [0, 0.1) is 5.82 Å². The van der Waals surface area contributed by atoms with Gasteiger partial charge in [-0.2, -0.15) is 0 Å². The van der Waals surface area contributed by atoms with Gasteiger partial charge in [-0.1, -0.05) is 30.3 Å². The lowest BCUT2D eigenvalue weighted by Crippen LogP contribution is -2.12. The highest BCUT2D eigenvalue weighted by atomic mass is 19.1. The summed E-state index contributed by atoms with van der Waals surface area (Å²) in [6.45, 7) is 0.695. The van der Waals surface area contributed by atoms with Crippen LogP contribution in [0.4, 0.5) is 4.39 Å². The van der Waals surface area contributed by atoms with Crippen molar-refractivity contribution in [2.45, 2.75) is 12.5 Å². The van der Waals surface area contributed by atoms with Crippen molar-refractivity contribution in [3.05, 3.63) is 65.0 Å². The van der Waals surface area contributed by atoms with Crippen LogP contribution in [0.5, 0.6) is 5.75 Å². The first-order chi connectivity index (χ1) is 10.2. The molecule has 2 aromatic carbocycles. The Kier molecular flexibility index (Phi) is 5.31. The zero-order valence-electron chi connectivity index (χ0n) is 12.3. The van der Waals surface area contributed by atoms with E-state index in [4.69, 9.17) is 15.2 Å². The van der Waals surface area contributed by atoms with E-state index in [0.717, 1.165) is 17.5 Å². The number of rotatable bonds is 6.